The molecule has 1 atom stereocenters. The Morgan fingerprint density at radius 3 is 2.59 bits per heavy atom. The number of nitrogens with zero attached hydrogens (tertiary/aromatic N) is 2. The molecular weight excluding hydrogens is 430 g/mol. The van der Waals surface area contributed by atoms with Crippen LogP contribution in [0, 0.1) is 10.1 Å². The van der Waals surface area contributed by atoms with Gasteiger partial charge in [0.05, 0.1) is 21.5 Å². The standard InChI is InChI=1S/C23H21N3O5S/c1-16(18-7-4-9-20(14-18)26(28)29)24-23(27)19-8-5-10-21(15-19)32(30,31)25-13-12-17-6-2-3-11-22(17)25/h2-11,14-16H,12-13H2,1H3,(H,24,27). The Kier molecular flexibility index (Phi) is 5.67. The van der Waals surface area contributed by atoms with Crippen molar-refractivity contribution < 1.29 is 18.1 Å². The van der Waals surface area contributed by atoms with Gasteiger partial charge in [0.25, 0.3) is 21.6 Å². The van der Waals surface area contributed by atoms with Crippen molar-refractivity contribution in [3.05, 3.63) is 99.6 Å². The molecule has 32 heavy (non-hydrogen) atoms. The molecule has 1 aliphatic heterocycles. The maximum atomic E-state index is 13.2. The van der Waals surface area contributed by atoms with E-state index in [4.69, 9.17) is 0 Å². The van der Waals surface area contributed by atoms with Gasteiger partial charge in [-0.05, 0) is 48.7 Å². The molecule has 0 radical (unpaired) electrons. The van der Waals surface area contributed by atoms with Gasteiger partial charge < -0.3 is 5.32 Å². The highest BCUT2D eigenvalue weighted by Crippen LogP contribution is 2.32. The van der Waals surface area contributed by atoms with Crippen molar-refractivity contribution in [3.8, 4) is 0 Å². The topological polar surface area (TPSA) is 110 Å². The van der Waals surface area contributed by atoms with E-state index < -0.39 is 26.9 Å². The molecule has 3 aromatic carbocycles. The number of non-ortho nitro benzene ring substituents is 1. The molecule has 164 valence electrons. The average Bonchev–Trinajstić information content (AvgIpc) is 3.24. The minimum absolute atomic E-state index is 0.0323. The lowest BCUT2D eigenvalue weighted by molar-refractivity contribution is -0.384. The summed E-state index contributed by atoms with van der Waals surface area (Å²) in [6, 6.07) is 18.8. The van der Waals surface area contributed by atoms with Gasteiger partial charge in [0.15, 0.2) is 0 Å². The fourth-order valence-electron chi connectivity index (χ4n) is 3.75. The van der Waals surface area contributed by atoms with E-state index in [1.54, 1.807) is 31.2 Å². The van der Waals surface area contributed by atoms with Crippen molar-refractivity contribution in [2.45, 2.75) is 24.3 Å². The van der Waals surface area contributed by atoms with Crippen LogP contribution in [-0.2, 0) is 16.4 Å². The number of sulfonamides is 1. The number of anilines is 1. The van der Waals surface area contributed by atoms with E-state index in [9.17, 15) is 23.3 Å². The van der Waals surface area contributed by atoms with Crippen molar-refractivity contribution in [1.82, 2.24) is 5.32 Å². The second-order valence-corrected chi connectivity index (χ2v) is 9.39. The lowest BCUT2D eigenvalue weighted by atomic mass is 10.1. The first kappa shape index (κ1) is 21.5. The zero-order valence-electron chi connectivity index (χ0n) is 17.3. The molecule has 1 amide bonds. The second-order valence-electron chi connectivity index (χ2n) is 7.53. The highest BCUT2D eigenvalue weighted by molar-refractivity contribution is 7.92. The Bertz CT molecular complexity index is 1310. The van der Waals surface area contributed by atoms with Gasteiger partial charge in [-0.3, -0.25) is 19.2 Å². The smallest absolute Gasteiger partial charge is 0.269 e. The SMILES string of the molecule is CC(NC(=O)c1cccc(S(=O)(=O)N2CCc3ccccc32)c1)c1cccc([N+](=O)[O-])c1. The van der Waals surface area contributed by atoms with Crippen LogP contribution >= 0.6 is 0 Å². The quantitative estimate of drug-likeness (QED) is 0.452. The summed E-state index contributed by atoms with van der Waals surface area (Å²) in [5.41, 5.74) is 2.32. The molecule has 0 aliphatic carbocycles. The Hall–Kier alpha value is -3.72. The van der Waals surface area contributed by atoms with Crippen LogP contribution in [0.4, 0.5) is 11.4 Å². The molecule has 1 N–H and O–H groups in total. The van der Waals surface area contributed by atoms with Gasteiger partial charge in [0, 0.05) is 24.2 Å². The number of carbonyl (C=O) groups excluding carboxylic acids is 1. The lowest BCUT2D eigenvalue weighted by Gasteiger charge is -2.20. The fourth-order valence-corrected chi connectivity index (χ4v) is 5.30. The van der Waals surface area contributed by atoms with E-state index in [1.165, 1.54) is 40.7 Å². The molecular formula is C23H21N3O5S. The van der Waals surface area contributed by atoms with Crippen LogP contribution in [-0.4, -0.2) is 25.8 Å². The average molecular weight is 452 g/mol. The van der Waals surface area contributed by atoms with E-state index >= 15 is 0 Å². The van der Waals surface area contributed by atoms with Gasteiger partial charge in [-0.2, -0.15) is 0 Å². The van der Waals surface area contributed by atoms with E-state index in [0.29, 0.717) is 24.2 Å². The highest BCUT2D eigenvalue weighted by Gasteiger charge is 2.31. The maximum absolute atomic E-state index is 13.2. The van der Waals surface area contributed by atoms with E-state index in [1.807, 2.05) is 12.1 Å². The summed E-state index contributed by atoms with van der Waals surface area (Å²) in [6.07, 6.45) is 0.635. The van der Waals surface area contributed by atoms with E-state index in [-0.39, 0.29) is 16.1 Å². The molecule has 0 saturated heterocycles. The van der Waals surface area contributed by atoms with Crippen LogP contribution in [0.5, 0.6) is 0 Å². The molecule has 0 spiro atoms. The number of nitro groups is 1. The number of rotatable bonds is 6. The minimum atomic E-state index is -3.83. The monoisotopic (exact) mass is 451 g/mol. The third-order valence-electron chi connectivity index (χ3n) is 5.46. The summed E-state index contributed by atoms with van der Waals surface area (Å²) in [6.45, 7) is 2.06. The first-order chi connectivity index (χ1) is 15.3. The van der Waals surface area contributed by atoms with Crippen molar-refractivity contribution >= 4 is 27.3 Å². The third-order valence-corrected chi connectivity index (χ3v) is 7.27. The fraction of sp³-hybridized carbons (Fsp3) is 0.174. The van der Waals surface area contributed by atoms with Gasteiger partial charge in [-0.1, -0.05) is 36.4 Å². The normalized spacial score (nSPS) is 14.0. The molecule has 3 aromatic rings. The van der Waals surface area contributed by atoms with Gasteiger partial charge >= 0.3 is 0 Å². The number of benzene rings is 3. The Morgan fingerprint density at radius 1 is 1.06 bits per heavy atom. The van der Waals surface area contributed by atoms with Crippen molar-refractivity contribution in [2.75, 3.05) is 10.8 Å². The summed E-state index contributed by atoms with van der Waals surface area (Å²) in [7, 11) is -3.83. The molecule has 1 aliphatic rings. The summed E-state index contributed by atoms with van der Waals surface area (Å²) < 4.78 is 27.9. The number of carbonyl (C=O) groups is 1. The number of amides is 1. The number of nitro benzene ring substituents is 1. The molecule has 1 unspecified atom stereocenters. The molecule has 0 fully saturated rings. The van der Waals surface area contributed by atoms with Crippen LogP contribution < -0.4 is 9.62 Å². The largest absolute Gasteiger partial charge is 0.346 e. The summed E-state index contributed by atoms with van der Waals surface area (Å²) in [4.78, 5) is 23.3. The van der Waals surface area contributed by atoms with Crippen molar-refractivity contribution in [3.63, 3.8) is 0 Å². The number of nitrogens with one attached hydrogen (secondary N) is 1. The highest BCUT2D eigenvalue weighted by atomic mass is 32.2. The van der Waals surface area contributed by atoms with Gasteiger partial charge in [-0.25, -0.2) is 8.42 Å². The van der Waals surface area contributed by atoms with Crippen LogP contribution in [0.1, 0.15) is 34.5 Å². The third kappa shape index (κ3) is 4.06. The van der Waals surface area contributed by atoms with Crippen LogP contribution in [0.2, 0.25) is 0 Å². The molecule has 0 aromatic heterocycles. The first-order valence-corrected chi connectivity index (χ1v) is 11.5. The van der Waals surface area contributed by atoms with E-state index in [2.05, 4.69) is 5.32 Å². The molecule has 0 bridgehead atoms. The van der Waals surface area contributed by atoms with Crippen molar-refractivity contribution in [1.29, 1.82) is 0 Å². The number of para-hydroxylation sites is 1. The second kappa shape index (κ2) is 8.43. The van der Waals surface area contributed by atoms with Gasteiger partial charge in [0.2, 0.25) is 0 Å². The summed E-state index contributed by atoms with van der Waals surface area (Å²) >= 11 is 0. The minimum Gasteiger partial charge on any atom is -0.346 e. The van der Waals surface area contributed by atoms with Crippen LogP contribution in [0.3, 0.4) is 0 Å². The maximum Gasteiger partial charge on any atom is 0.269 e. The Balaban J connectivity index is 1.56. The van der Waals surface area contributed by atoms with Gasteiger partial charge in [-0.15, -0.1) is 0 Å². The van der Waals surface area contributed by atoms with E-state index in [0.717, 1.165) is 5.56 Å². The summed E-state index contributed by atoms with van der Waals surface area (Å²) in [5, 5.41) is 13.8. The number of fused-ring (bicyclic) bond motifs is 1. The van der Waals surface area contributed by atoms with Crippen LogP contribution in [0.25, 0.3) is 0 Å². The Labute approximate surface area is 185 Å². The molecule has 8 nitrogen and oxygen atoms in total. The summed E-state index contributed by atoms with van der Waals surface area (Å²) in [5.74, 6) is -0.470. The Morgan fingerprint density at radius 2 is 1.81 bits per heavy atom. The van der Waals surface area contributed by atoms with Crippen molar-refractivity contribution in [2.24, 2.45) is 0 Å². The predicted molar refractivity (Wildman–Crippen MR) is 120 cm³/mol. The predicted octanol–water partition coefficient (Wildman–Crippen LogP) is 3.84. The van der Waals surface area contributed by atoms with Crippen LogP contribution in [0.15, 0.2) is 77.7 Å². The number of hydrogen-bond donors (Lipinski definition) is 1. The first-order valence-electron chi connectivity index (χ1n) is 10.0. The molecule has 4 rings (SSSR count). The van der Waals surface area contributed by atoms with Gasteiger partial charge in [0.1, 0.15) is 0 Å². The molecule has 9 heteroatoms. The zero-order chi connectivity index (χ0) is 22.9. The zero-order valence-corrected chi connectivity index (χ0v) is 18.1. The number of hydrogen-bond acceptors (Lipinski definition) is 5. The molecule has 0 saturated carbocycles. The lowest BCUT2D eigenvalue weighted by Crippen LogP contribution is -2.30. The molecule has 1 heterocycles.